The predicted molar refractivity (Wildman–Crippen MR) is 170 cm³/mol. The lowest BCUT2D eigenvalue weighted by Crippen LogP contribution is -2.51. The van der Waals surface area contributed by atoms with E-state index in [0.717, 1.165) is 23.9 Å². The number of carbonyl (C=O) groups excluding carboxylic acids is 1. The van der Waals surface area contributed by atoms with Gasteiger partial charge in [-0.1, -0.05) is 26.0 Å². The van der Waals surface area contributed by atoms with Gasteiger partial charge in [-0.15, -0.1) is 0 Å². The van der Waals surface area contributed by atoms with Crippen LogP contribution in [0.1, 0.15) is 69.7 Å². The number of halogens is 3. The summed E-state index contributed by atoms with van der Waals surface area (Å²) in [4.78, 5) is 20.0. The zero-order chi connectivity index (χ0) is 32.4. The second kappa shape index (κ2) is 13.8. The van der Waals surface area contributed by atoms with E-state index in [2.05, 4.69) is 14.5 Å². The zero-order valence-electron chi connectivity index (χ0n) is 26.9. The molecule has 0 spiro atoms. The van der Waals surface area contributed by atoms with Crippen LogP contribution in [-0.2, 0) is 22.0 Å². The van der Waals surface area contributed by atoms with Gasteiger partial charge in [-0.3, -0.25) is 4.79 Å². The number of methoxy groups -OCH3 is 1. The number of piperazine rings is 1. The molecule has 4 rings (SSSR count). The van der Waals surface area contributed by atoms with Crippen molar-refractivity contribution in [3.63, 3.8) is 0 Å². The number of anilines is 1. The summed E-state index contributed by atoms with van der Waals surface area (Å²) in [6.07, 6.45) is -3.98. The van der Waals surface area contributed by atoms with Gasteiger partial charge < -0.3 is 19.4 Å². The molecule has 0 bridgehead atoms. The first-order chi connectivity index (χ1) is 20.6. The summed E-state index contributed by atoms with van der Waals surface area (Å²) in [6, 6.07) is 11.2. The fourth-order valence-electron chi connectivity index (χ4n) is 6.16. The molecular formula is C33H47F3N4O3S. The smallest absolute Gasteiger partial charge is 0.416 e. The number of likely N-dealkylation sites (tertiary alicyclic amines) is 1. The normalized spacial score (nSPS) is 21.5. The van der Waals surface area contributed by atoms with E-state index in [1.54, 1.807) is 7.11 Å². The van der Waals surface area contributed by atoms with Crippen LogP contribution >= 0.6 is 0 Å². The van der Waals surface area contributed by atoms with Crippen molar-refractivity contribution >= 4 is 22.6 Å². The molecule has 1 amide bonds. The molecule has 2 aliphatic heterocycles. The van der Waals surface area contributed by atoms with Crippen LogP contribution in [0.25, 0.3) is 0 Å². The highest BCUT2D eigenvalue weighted by Gasteiger charge is 2.40. The molecule has 0 aromatic heterocycles. The summed E-state index contributed by atoms with van der Waals surface area (Å²) in [5.74, 6) is 0.946. The van der Waals surface area contributed by atoms with Crippen molar-refractivity contribution in [2.75, 3.05) is 58.3 Å². The van der Waals surface area contributed by atoms with E-state index >= 15 is 0 Å². The predicted octanol–water partition coefficient (Wildman–Crippen LogP) is 5.85. The van der Waals surface area contributed by atoms with Gasteiger partial charge >= 0.3 is 6.18 Å². The molecular weight excluding hydrogens is 589 g/mol. The summed E-state index contributed by atoms with van der Waals surface area (Å²) in [5.41, 5.74) is 1.56. The number of hydrogen-bond donors (Lipinski definition) is 1. The Hall–Kier alpha value is -2.63. The number of carbonyl (C=O) groups is 1. The van der Waals surface area contributed by atoms with Crippen molar-refractivity contribution in [1.82, 2.24) is 14.5 Å². The SMILES string of the molecule is COc1ccc(C2CN(C)CC2C(=O)N2CCN(c3ccc(C(F)(F)F)cc3[C@H](CC(C)C)NS(=O)C(C)(C)C)CC2)cc1. The van der Waals surface area contributed by atoms with Crippen LogP contribution in [0.15, 0.2) is 42.5 Å². The first-order valence-electron chi connectivity index (χ1n) is 15.3. The Bertz CT molecular complexity index is 1300. The van der Waals surface area contributed by atoms with Gasteiger partial charge in [0.05, 0.1) is 34.3 Å². The third kappa shape index (κ3) is 8.14. The molecule has 0 radical (unpaired) electrons. The summed E-state index contributed by atoms with van der Waals surface area (Å²) in [7, 11) is 2.18. The molecule has 0 aliphatic carbocycles. The van der Waals surface area contributed by atoms with E-state index in [0.29, 0.717) is 50.4 Å². The standard InChI is InChI=1S/C33H47F3N4O3S/c1-22(2)18-29(37-44(42)32(3,4)5)26-19-24(33(34,35)36)10-13-30(26)39-14-16-40(17-15-39)31(41)28-21-38(6)20-27(28)23-8-11-25(43-7)12-9-23/h8-13,19,22,27-29,37H,14-18,20-21H2,1-7H3/t27?,28?,29-,44?/m0/s1. The number of likely N-dealkylation sites (N-methyl/N-ethyl adjacent to an activating group) is 1. The molecule has 2 heterocycles. The van der Waals surface area contributed by atoms with Crippen LogP contribution in [0.4, 0.5) is 18.9 Å². The maximum atomic E-state index is 13.9. The molecule has 4 atom stereocenters. The van der Waals surface area contributed by atoms with E-state index < -0.39 is 33.5 Å². The summed E-state index contributed by atoms with van der Waals surface area (Å²) < 4.78 is 62.7. The Labute approximate surface area is 262 Å². The number of benzene rings is 2. The van der Waals surface area contributed by atoms with E-state index in [-0.39, 0.29) is 23.7 Å². The molecule has 0 saturated carbocycles. The van der Waals surface area contributed by atoms with Crippen LogP contribution in [0.5, 0.6) is 5.75 Å². The highest BCUT2D eigenvalue weighted by atomic mass is 32.2. The average Bonchev–Trinajstić information content (AvgIpc) is 3.36. The summed E-state index contributed by atoms with van der Waals surface area (Å²) >= 11 is 0. The molecule has 3 unspecified atom stereocenters. The van der Waals surface area contributed by atoms with Gasteiger partial charge in [-0.05, 0) is 81.6 Å². The van der Waals surface area contributed by atoms with Gasteiger partial charge in [0.25, 0.3) is 0 Å². The van der Waals surface area contributed by atoms with Crippen LogP contribution < -0.4 is 14.4 Å². The fourth-order valence-corrected chi connectivity index (χ4v) is 6.99. The van der Waals surface area contributed by atoms with Crippen molar-refractivity contribution in [3.8, 4) is 5.75 Å². The summed E-state index contributed by atoms with van der Waals surface area (Å²) in [6.45, 7) is 12.9. The minimum atomic E-state index is -4.50. The van der Waals surface area contributed by atoms with Crippen molar-refractivity contribution in [1.29, 1.82) is 0 Å². The lowest BCUT2D eigenvalue weighted by molar-refractivity contribution is -0.138. The minimum Gasteiger partial charge on any atom is -0.497 e. The number of rotatable bonds is 9. The fraction of sp³-hybridized carbons (Fsp3) is 0.606. The number of nitrogens with one attached hydrogen (secondary N) is 1. The van der Waals surface area contributed by atoms with Crippen LogP contribution in [0, 0.1) is 11.8 Å². The van der Waals surface area contributed by atoms with Gasteiger partial charge in [0.2, 0.25) is 5.91 Å². The highest BCUT2D eigenvalue weighted by Crippen LogP contribution is 2.39. The molecule has 2 aromatic carbocycles. The Balaban J connectivity index is 1.56. The topological polar surface area (TPSA) is 65.1 Å². The third-order valence-corrected chi connectivity index (χ3v) is 10.1. The van der Waals surface area contributed by atoms with E-state index in [9.17, 15) is 22.2 Å². The average molecular weight is 637 g/mol. The van der Waals surface area contributed by atoms with Gasteiger partial charge in [0.1, 0.15) is 5.75 Å². The first kappa shape index (κ1) is 34.2. The monoisotopic (exact) mass is 636 g/mol. The van der Waals surface area contributed by atoms with Crippen molar-refractivity contribution < 1.29 is 26.9 Å². The number of ether oxygens (including phenoxy) is 1. The van der Waals surface area contributed by atoms with Crippen molar-refractivity contribution in [3.05, 3.63) is 59.2 Å². The Morgan fingerprint density at radius 3 is 2.20 bits per heavy atom. The first-order valence-corrected chi connectivity index (χ1v) is 16.5. The lowest BCUT2D eigenvalue weighted by Gasteiger charge is -2.39. The molecule has 2 aliphatic rings. The maximum Gasteiger partial charge on any atom is 0.416 e. The van der Waals surface area contributed by atoms with E-state index in [4.69, 9.17) is 4.74 Å². The number of alkyl halides is 3. The van der Waals surface area contributed by atoms with Gasteiger partial charge in [0.15, 0.2) is 0 Å². The van der Waals surface area contributed by atoms with Crippen molar-refractivity contribution in [2.24, 2.45) is 11.8 Å². The maximum absolute atomic E-state index is 13.9. The van der Waals surface area contributed by atoms with Crippen LogP contribution in [-0.4, -0.2) is 78.1 Å². The van der Waals surface area contributed by atoms with Crippen LogP contribution in [0.2, 0.25) is 0 Å². The molecule has 2 fully saturated rings. The zero-order valence-corrected chi connectivity index (χ0v) is 27.7. The van der Waals surface area contributed by atoms with Gasteiger partial charge in [-0.2, -0.15) is 13.2 Å². The molecule has 1 N–H and O–H groups in total. The highest BCUT2D eigenvalue weighted by molar-refractivity contribution is 7.84. The molecule has 244 valence electrons. The second-order valence-corrected chi connectivity index (χ2v) is 15.5. The Kier molecular flexibility index (Phi) is 10.7. The quantitative estimate of drug-likeness (QED) is 0.375. The molecule has 7 nitrogen and oxygen atoms in total. The Morgan fingerprint density at radius 2 is 1.66 bits per heavy atom. The summed E-state index contributed by atoms with van der Waals surface area (Å²) in [5, 5.41) is 0. The molecule has 2 aromatic rings. The second-order valence-electron chi connectivity index (χ2n) is 13.5. The minimum absolute atomic E-state index is 0.0736. The van der Waals surface area contributed by atoms with Gasteiger partial charge in [-0.25, -0.2) is 8.93 Å². The Morgan fingerprint density at radius 1 is 1.02 bits per heavy atom. The third-order valence-electron chi connectivity index (χ3n) is 8.54. The molecule has 2 saturated heterocycles. The number of nitrogens with zero attached hydrogens (tertiary/aromatic N) is 3. The van der Waals surface area contributed by atoms with Crippen molar-refractivity contribution in [2.45, 2.75) is 63.9 Å². The number of amides is 1. The van der Waals surface area contributed by atoms with Gasteiger partial charge in [0, 0.05) is 56.9 Å². The lowest BCUT2D eigenvalue weighted by atomic mass is 9.87. The molecule has 11 heteroatoms. The van der Waals surface area contributed by atoms with E-state index in [1.807, 2.05) is 70.8 Å². The largest absolute Gasteiger partial charge is 0.497 e. The van der Waals surface area contributed by atoms with E-state index in [1.165, 1.54) is 12.1 Å². The number of hydrogen-bond acceptors (Lipinski definition) is 5. The molecule has 44 heavy (non-hydrogen) atoms. The van der Waals surface area contributed by atoms with Crippen LogP contribution in [0.3, 0.4) is 0 Å².